The van der Waals surface area contributed by atoms with Gasteiger partial charge in [0, 0.05) is 42.9 Å². The SMILES string of the molecule is CCN1C2=C3C=C4c5n(CC)c6cc(Cl)c(Cl)cc6[n+]5CCC4N(Nc4ccc(C)cc4)C3CCN2c2cc(Cl)c(Cl)cc21. The number of halogens is 4. The van der Waals surface area contributed by atoms with E-state index in [2.05, 4.69) is 80.5 Å². The largest absolute Gasteiger partial charge is 0.326 e. The Morgan fingerprint density at radius 1 is 0.841 bits per heavy atom. The number of nitrogens with zero attached hydrogens (tertiary/aromatic N) is 5. The molecule has 0 fully saturated rings. The van der Waals surface area contributed by atoms with E-state index < -0.39 is 0 Å². The summed E-state index contributed by atoms with van der Waals surface area (Å²) in [6.07, 6.45) is 4.41. The van der Waals surface area contributed by atoms with Crippen molar-refractivity contribution in [3.63, 3.8) is 0 Å². The van der Waals surface area contributed by atoms with Gasteiger partial charge in [-0.3, -0.25) is 0 Å². The lowest BCUT2D eigenvalue weighted by Crippen LogP contribution is -2.58. The normalized spacial score (nSPS) is 20.8. The molecule has 44 heavy (non-hydrogen) atoms. The van der Waals surface area contributed by atoms with Crippen molar-refractivity contribution >= 4 is 80.1 Å². The lowest BCUT2D eigenvalue weighted by atomic mass is 9.85. The van der Waals surface area contributed by atoms with Gasteiger partial charge in [-0.1, -0.05) is 64.1 Å². The number of hydrazine groups is 1. The van der Waals surface area contributed by atoms with Gasteiger partial charge in [-0.05, 0) is 57.5 Å². The molecule has 0 saturated heterocycles. The molecule has 0 aliphatic carbocycles. The zero-order valence-corrected chi connectivity index (χ0v) is 27.9. The summed E-state index contributed by atoms with van der Waals surface area (Å²) in [5.74, 6) is 2.42. The van der Waals surface area contributed by atoms with Crippen molar-refractivity contribution in [3.8, 4) is 0 Å². The molecular formula is C34H33Cl4N6+. The van der Waals surface area contributed by atoms with Crippen LogP contribution in [0.2, 0.25) is 20.1 Å². The molecule has 4 aliphatic rings. The van der Waals surface area contributed by atoms with Crippen LogP contribution in [0.3, 0.4) is 0 Å². The highest BCUT2D eigenvalue weighted by molar-refractivity contribution is 6.43. The second-order valence-corrected chi connectivity index (χ2v) is 13.6. The second kappa shape index (κ2) is 10.6. The monoisotopic (exact) mass is 665 g/mol. The summed E-state index contributed by atoms with van der Waals surface area (Å²) in [5, 5.41) is 4.84. The molecule has 0 saturated carbocycles. The number of benzene rings is 3. The van der Waals surface area contributed by atoms with Crippen LogP contribution in [0.5, 0.6) is 0 Å². The number of nitrogens with one attached hydrogen (secondary N) is 1. The van der Waals surface area contributed by atoms with Crippen molar-refractivity contribution in [1.82, 2.24) is 9.58 Å². The maximum Gasteiger partial charge on any atom is 0.287 e. The Balaban J connectivity index is 1.38. The summed E-state index contributed by atoms with van der Waals surface area (Å²) in [6.45, 7) is 9.93. The average Bonchev–Trinajstić information content (AvgIpc) is 3.49. The van der Waals surface area contributed by atoms with Gasteiger partial charge in [-0.2, -0.15) is 0 Å². The molecule has 0 spiro atoms. The lowest BCUT2D eigenvalue weighted by molar-refractivity contribution is -0.679. The van der Waals surface area contributed by atoms with Crippen LogP contribution in [0.1, 0.15) is 38.1 Å². The van der Waals surface area contributed by atoms with Crippen molar-refractivity contribution in [2.75, 3.05) is 28.3 Å². The molecule has 6 nitrogen and oxygen atoms in total. The first-order valence-electron chi connectivity index (χ1n) is 15.3. The van der Waals surface area contributed by atoms with E-state index >= 15 is 0 Å². The first-order valence-corrected chi connectivity index (χ1v) is 16.8. The fourth-order valence-corrected chi connectivity index (χ4v) is 8.34. The number of hydrogen-bond acceptors (Lipinski definition) is 4. The summed E-state index contributed by atoms with van der Waals surface area (Å²) < 4.78 is 4.83. The molecule has 4 aliphatic heterocycles. The van der Waals surface area contributed by atoms with Crippen molar-refractivity contribution in [3.05, 3.63) is 97.5 Å². The molecule has 4 aromatic rings. The van der Waals surface area contributed by atoms with E-state index in [-0.39, 0.29) is 12.1 Å². The van der Waals surface area contributed by atoms with Gasteiger partial charge < -0.3 is 15.2 Å². The van der Waals surface area contributed by atoms with Crippen LogP contribution >= 0.6 is 46.4 Å². The van der Waals surface area contributed by atoms with Crippen LogP contribution in [0, 0.1) is 6.92 Å². The number of fused-ring (bicyclic) bond motifs is 9. The van der Waals surface area contributed by atoms with Gasteiger partial charge in [-0.25, -0.2) is 14.1 Å². The highest BCUT2D eigenvalue weighted by atomic mass is 35.5. The van der Waals surface area contributed by atoms with Gasteiger partial charge >= 0.3 is 0 Å². The quantitative estimate of drug-likeness (QED) is 0.221. The minimum absolute atomic E-state index is 0.181. The van der Waals surface area contributed by atoms with Gasteiger partial charge in [0.25, 0.3) is 5.82 Å². The van der Waals surface area contributed by atoms with Crippen LogP contribution < -0.4 is 19.8 Å². The summed E-state index contributed by atoms with van der Waals surface area (Å²) >= 11 is 26.3. The topological polar surface area (TPSA) is 30.6 Å². The predicted molar refractivity (Wildman–Crippen MR) is 183 cm³/mol. The number of hydrogen-bond donors (Lipinski definition) is 1. The average molecular weight is 667 g/mol. The van der Waals surface area contributed by atoms with Gasteiger partial charge in [0.05, 0.1) is 62.2 Å². The highest BCUT2D eigenvalue weighted by Crippen LogP contribution is 2.51. The number of aryl methyl sites for hydroxylation is 3. The molecule has 226 valence electrons. The van der Waals surface area contributed by atoms with E-state index in [1.807, 2.05) is 24.3 Å². The maximum atomic E-state index is 6.57. The smallest absolute Gasteiger partial charge is 0.287 e. The number of rotatable bonds is 4. The molecule has 10 heteroatoms. The number of aromatic nitrogens is 2. The summed E-state index contributed by atoms with van der Waals surface area (Å²) in [6, 6.07) is 17.1. The summed E-state index contributed by atoms with van der Waals surface area (Å²) in [4.78, 5) is 4.83. The first kappa shape index (κ1) is 28.6. The molecular weight excluding hydrogens is 634 g/mol. The molecule has 8 rings (SSSR count). The Morgan fingerprint density at radius 2 is 1.55 bits per heavy atom. The molecule has 5 heterocycles. The van der Waals surface area contributed by atoms with Gasteiger partial charge in [0.15, 0.2) is 11.0 Å². The molecule has 0 amide bonds. The zero-order chi connectivity index (χ0) is 30.4. The number of anilines is 3. The Kier molecular flexibility index (Phi) is 6.89. The van der Waals surface area contributed by atoms with Crippen molar-refractivity contribution in [2.45, 2.75) is 58.8 Å². The zero-order valence-electron chi connectivity index (χ0n) is 24.8. The van der Waals surface area contributed by atoms with Crippen molar-refractivity contribution in [1.29, 1.82) is 0 Å². The minimum Gasteiger partial charge on any atom is -0.326 e. The third-order valence-corrected chi connectivity index (χ3v) is 11.1. The fourth-order valence-electron chi connectivity index (χ4n) is 7.71. The van der Waals surface area contributed by atoms with E-state index in [0.717, 1.165) is 67.1 Å². The van der Waals surface area contributed by atoms with E-state index in [4.69, 9.17) is 46.4 Å². The van der Waals surface area contributed by atoms with Gasteiger partial charge in [0.1, 0.15) is 5.82 Å². The van der Waals surface area contributed by atoms with E-state index in [1.54, 1.807) is 0 Å². The Morgan fingerprint density at radius 3 is 2.27 bits per heavy atom. The molecule has 3 aromatic carbocycles. The third kappa shape index (κ3) is 4.15. The molecule has 0 radical (unpaired) electrons. The molecule has 2 unspecified atom stereocenters. The lowest BCUT2D eigenvalue weighted by Gasteiger charge is -2.48. The van der Waals surface area contributed by atoms with Crippen LogP contribution in [0.4, 0.5) is 17.1 Å². The van der Waals surface area contributed by atoms with Crippen LogP contribution in [-0.4, -0.2) is 34.7 Å². The van der Waals surface area contributed by atoms with E-state index in [1.165, 1.54) is 28.4 Å². The van der Waals surface area contributed by atoms with E-state index in [9.17, 15) is 0 Å². The molecule has 2 atom stereocenters. The van der Waals surface area contributed by atoms with Crippen LogP contribution in [-0.2, 0) is 13.1 Å². The van der Waals surface area contributed by atoms with E-state index in [0.29, 0.717) is 20.1 Å². The van der Waals surface area contributed by atoms with Crippen molar-refractivity contribution < 1.29 is 4.57 Å². The second-order valence-electron chi connectivity index (χ2n) is 12.0. The highest BCUT2D eigenvalue weighted by Gasteiger charge is 2.49. The van der Waals surface area contributed by atoms with Gasteiger partial charge in [0.2, 0.25) is 0 Å². The van der Waals surface area contributed by atoms with Crippen molar-refractivity contribution in [2.24, 2.45) is 0 Å². The number of imidazole rings is 1. The van der Waals surface area contributed by atoms with Crippen LogP contribution in [0.25, 0.3) is 16.6 Å². The Hall–Kier alpha value is -2.87. The first-order chi connectivity index (χ1) is 21.3. The maximum absolute atomic E-state index is 6.57. The minimum atomic E-state index is 0.181. The Labute approximate surface area is 277 Å². The summed E-state index contributed by atoms with van der Waals surface area (Å²) in [7, 11) is 0. The third-order valence-electron chi connectivity index (χ3n) is 9.63. The standard InChI is InChI=1S/C34H33Cl4N6/c1-4-40-29-15-23(35)25(37)17-31(29)42-12-10-27-21(33(40)42)14-22-28(44(27)39-20-8-6-19(3)7-9-20)11-13-43-32-18-26(38)24(36)16-30(32)41(5-2)34(22)43/h6-9,14-18,27-28,39H,4-5,10-13H2,1-3H3/q+1. The molecule has 1 aromatic heterocycles. The molecule has 0 bridgehead atoms. The van der Waals surface area contributed by atoms with Crippen LogP contribution in [0.15, 0.2) is 66.0 Å². The fraction of sp³-hybridized carbons (Fsp3) is 0.324. The Bertz CT molecular complexity index is 1850. The predicted octanol–water partition coefficient (Wildman–Crippen LogP) is 8.70. The molecule has 1 N–H and O–H groups in total. The summed E-state index contributed by atoms with van der Waals surface area (Å²) in [5.41, 5.74) is 13.3. The van der Waals surface area contributed by atoms with Gasteiger partial charge in [-0.15, -0.1) is 0 Å².